The van der Waals surface area contributed by atoms with Crippen LogP contribution < -0.4 is 5.32 Å². The number of carbonyl (C=O) groups excluding carboxylic acids is 1. The lowest BCUT2D eigenvalue weighted by atomic mass is 9.96. The molecule has 0 radical (unpaired) electrons. The van der Waals surface area contributed by atoms with E-state index in [4.69, 9.17) is 9.47 Å². The standard InChI is InChI=1S/C9H17NO3/c1-4-7(2)10-9(5-13-6-9)8(11)12-3/h7,10H,4-6H2,1-3H3. The minimum atomic E-state index is -0.579. The number of esters is 1. The van der Waals surface area contributed by atoms with E-state index in [-0.39, 0.29) is 5.97 Å². The molecule has 76 valence electrons. The van der Waals surface area contributed by atoms with Gasteiger partial charge in [0.15, 0.2) is 5.54 Å². The van der Waals surface area contributed by atoms with Crippen molar-refractivity contribution in [2.45, 2.75) is 31.8 Å². The van der Waals surface area contributed by atoms with Crippen molar-refractivity contribution in [3.8, 4) is 0 Å². The van der Waals surface area contributed by atoms with Gasteiger partial charge in [-0.25, -0.2) is 4.79 Å². The highest BCUT2D eigenvalue weighted by molar-refractivity contribution is 5.82. The number of methoxy groups -OCH3 is 1. The Morgan fingerprint density at radius 2 is 2.31 bits per heavy atom. The van der Waals surface area contributed by atoms with E-state index in [0.29, 0.717) is 19.3 Å². The molecule has 13 heavy (non-hydrogen) atoms. The molecule has 0 saturated carbocycles. The second-order valence-corrected chi connectivity index (χ2v) is 3.52. The monoisotopic (exact) mass is 187 g/mol. The van der Waals surface area contributed by atoms with Crippen LogP contribution in [0.3, 0.4) is 0 Å². The van der Waals surface area contributed by atoms with Gasteiger partial charge in [0.25, 0.3) is 0 Å². The predicted octanol–water partition coefficient (Wildman–Crippen LogP) is 0.316. The summed E-state index contributed by atoms with van der Waals surface area (Å²) >= 11 is 0. The first-order chi connectivity index (χ1) is 6.14. The van der Waals surface area contributed by atoms with Gasteiger partial charge in [-0.1, -0.05) is 6.92 Å². The van der Waals surface area contributed by atoms with Gasteiger partial charge in [0.1, 0.15) is 0 Å². The van der Waals surface area contributed by atoms with Gasteiger partial charge in [-0.15, -0.1) is 0 Å². The molecule has 1 saturated heterocycles. The third kappa shape index (κ3) is 2.00. The molecule has 0 aromatic heterocycles. The minimum Gasteiger partial charge on any atom is -0.468 e. The van der Waals surface area contributed by atoms with E-state index in [1.807, 2.05) is 6.92 Å². The van der Waals surface area contributed by atoms with Crippen molar-refractivity contribution in [3.63, 3.8) is 0 Å². The second kappa shape index (κ2) is 4.07. The highest BCUT2D eigenvalue weighted by Crippen LogP contribution is 2.19. The predicted molar refractivity (Wildman–Crippen MR) is 48.5 cm³/mol. The minimum absolute atomic E-state index is 0.223. The number of ether oxygens (including phenoxy) is 2. The molecule has 1 heterocycles. The van der Waals surface area contributed by atoms with E-state index in [9.17, 15) is 4.79 Å². The van der Waals surface area contributed by atoms with Crippen LogP contribution in [0.5, 0.6) is 0 Å². The Morgan fingerprint density at radius 1 is 1.69 bits per heavy atom. The van der Waals surface area contributed by atoms with E-state index in [1.165, 1.54) is 7.11 Å². The van der Waals surface area contributed by atoms with Crippen LogP contribution in [-0.4, -0.2) is 37.9 Å². The molecule has 4 nitrogen and oxygen atoms in total. The van der Waals surface area contributed by atoms with Gasteiger partial charge in [0.2, 0.25) is 0 Å². The molecule has 1 aliphatic heterocycles. The molecule has 1 N–H and O–H groups in total. The third-order valence-electron chi connectivity index (χ3n) is 2.41. The zero-order valence-corrected chi connectivity index (χ0v) is 8.42. The van der Waals surface area contributed by atoms with Gasteiger partial charge >= 0.3 is 5.97 Å². The van der Waals surface area contributed by atoms with Gasteiger partial charge in [0, 0.05) is 6.04 Å². The molecular weight excluding hydrogens is 170 g/mol. The fraction of sp³-hybridized carbons (Fsp3) is 0.889. The summed E-state index contributed by atoms with van der Waals surface area (Å²) in [5.74, 6) is -0.223. The molecule has 0 aromatic carbocycles. The molecule has 4 heteroatoms. The maximum Gasteiger partial charge on any atom is 0.330 e. The lowest BCUT2D eigenvalue weighted by Gasteiger charge is -2.41. The van der Waals surface area contributed by atoms with E-state index in [0.717, 1.165) is 6.42 Å². The quantitative estimate of drug-likeness (QED) is 0.644. The van der Waals surface area contributed by atoms with Gasteiger partial charge in [-0.3, -0.25) is 5.32 Å². The summed E-state index contributed by atoms with van der Waals surface area (Å²) in [4.78, 5) is 11.4. The average molecular weight is 187 g/mol. The lowest BCUT2D eigenvalue weighted by molar-refractivity contribution is -0.170. The van der Waals surface area contributed by atoms with Crippen molar-refractivity contribution in [1.82, 2.24) is 5.32 Å². The molecule has 0 spiro atoms. The van der Waals surface area contributed by atoms with E-state index in [1.54, 1.807) is 0 Å². The van der Waals surface area contributed by atoms with Gasteiger partial charge in [-0.05, 0) is 13.3 Å². The van der Waals surface area contributed by atoms with Gasteiger partial charge in [-0.2, -0.15) is 0 Å². The molecule has 0 aliphatic carbocycles. The SMILES string of the molecule is CCC(C)NC1(C(=O)OC)COC1. The van der Waals surface area contributed by atoms with Gasteiger partial charge < -0.3 is 9.47 Å². The Morgan fingerprint density at radius 3 is 2.62 bits per heavy atom. The van der Waals surface area contributed by atoms with Crippen LogP contribution in [0.1, 0.15) is 20.3 Å². The Balaban J connectivity index is 2.54. The summed E-state index contributed by atoms with van der Waals surface area (Å²) in [6, 6.07) is 0.308. The Hall–Kier alpha value is -0.610. The van der Waals surface area contributed by atoms with Crippen LogP contribution in [-0.2, 0) is 14.3 Å². The fourth-order valence-electron chi connectivity index (χ4n) is 1.34. The topological polar surface area (TPSA) is 47.6 Å². The van der Waals surface area contributed by atoms with Crippen molar-refractivity contribution < 1.29 is 14.3 Å². The largest absolute Gasteiger partial charge is 0.468 e. The summed E-state index contributed by atoms with van der Waals surface area (Å²) in [6.07, 6.45) is 0.985. The number of hydrogen-bond donors (Lipinski definition) is 1. The summed E-state index contributed by atoms with van der Waals surface area (Å²) in [6.45, 7) is 4.96. The van der Waals surface area contributed by atoms with Crippen molar-refractivity contribution in [2.24, 2.45) is 0 Å². The van der Waals surface area contributed by atoms with Crippen LogP contribution in [0.25, 0.3) is 0 Å². The van der Waals surface area contributed by atoms with Crippen LogP contribution in [0.4, 0.5) is 0 Å². The Labute approximate surface area is 78.6 Å². The van der Waals surface area contributed by atoms with Gasteiger partial charge in [0.05, 0.1) is 20.3 Å². The van der Waals surface area contributed by atoms with Crippen molar-refractivity contribution in [2.75, 3.05) is 20.3 Å². The van der Waals surface area contributed by atoms with E-state index < -0.39 is 5.54 Å². The molecule has 0 amide bonds. The van der Waals surface area contributed by atoms with E-state index >= 15 is 0 Å². The lowest BCUT2D eigenvalue weighted by Crippen LogP contribution is -2.67. The van der Waals surface area contributed by atoms with Crippen LogP contribution in [0.2, 0.25) is 0 Å². The summed E-state index contributed by atoms with van der Waals surface area (Å²) in [7, 11) is 1.40. The summed E-state index contributed by atoms with van der Waals surface area (Å²) < 4.78 is 9.76. The zero-order valence-electron chi connectivity index (χ0n) is 8.42. The average Bonchev–Trinajstić information content (AvgIpc) is 2.09. The molecule has 1 aliphatic rings. The zero-order chi connectivity index (χ0) is 9.90. The number of nitrogens with one attached hydrogen (secondary N) is 1. The first-order valence-electron chi connectivity index (χ1n) is 4.58. The Kier molecular flexibility index (Phi) is 3.27. The van der Waals surface area contributed by atoms with E-state index in [2.05, 4.69) is 12.2 Å². The smallest absolute Gasteiger partial charge is 0.330 e. The third-order valence-corrected chi connectivity index (χ3v) is 2.41. The molecule has 0 aromatic rings. The summed E-state index contributed by atoms with van der Waals surface area (Å²) in [5.41, 5.74) is -0.579. The van der Waals surface area contributed by atoms with Crippen LogP contribution in [0, 0.1) is 0 Å². The van der Waals surface area contributed by atoms with Crippen molar-refractivity contribution in [3.05, 3.63) is 0 Å². The van der Waals surface area contributed by atoms with Crippen molar-refractivity contribution >= 4 is 5.97 Å². The molecule has 1 unspecified atom stereocenters. The first-order valence-corrected chi connectivity index (χ1v) is 4.58. The molecule has 1 atom stereocenters. The first kappa shape index (κ1) is 10.5. The normalized spacial score (nSPS) is 21.8. The molecule has 0 bridgehead atoms. The Bertz CT molecular complexity index is 189. The number of hydrogen-bond acceptors (Lipinski definition) is 4. The highest BCUT2D eigenvalue weighted by Gasteiger charge is 2.47. The second-order valence-electron chi connectivity index (χ2n) is 3.52. The maximum atomic E-state index is 11.4. The summed E-state index contributed by atoms with van der Waals surface area (Å²) in [5, 5.41) is 3.23. The maximum absolute atomic E-state index is 11.4. The van der Waals surface area contributed by atoms with Crippen LogP contribution in [0.15, 0.2) is 0 Å². The van der Waals surface area contributed by atoms with Crippen LogP contribution >= 0.6 is 0 Å². The number of carbonyl (C=O) groups is 1. The molecule has 1 rings (SSSR count). The number of rotatable bonds is 4. The van der Waals surface area contributed by atoms with Crippen molar-refractivity contribution in [1.29, 1.82) is 0 Å². The molecule has 1 fully saturated rings. The highest BCUT2D eigenvalue weighted by atomic mass is 16.5. The molecular formula is C9H17NO3. The fourth-order valence-corrected chi connectivity index (χ4v) is 1.34.